The molecule has 0 bridgehead atoms. The number of carbonyl (C=O) groups excluding carboxylic acids is 1. The first-order chi connectivity index (χ1) is 18.9. The summed E-state index contributed by atoms with van der Waals surface area (Å²) in [5.74, 6) is -0.637. The average molecular weight is 595 g/mol. The van der Waals surface area contributed by atoms with Crippen molar-refractivity contribution in [3.05, 3.63) is 81.4 Å². The molecular weight excluding hydrogens is 569 g/mol. The Morgan fingerprint density at radius 3 is 2.33 bits per heavy atom. The number of esters is 1. The minimum Gasteiger partial charge on any atom is -0.465 e. The second-order valence-corrected chi connectivity index (χ2v) is 12.2. The van der Waals surface area contributed by atoms with E-state index >= 15 is 0 Å². The molecule has 1 fully saturated rings. The third-order valence-electron chi connectivity index (χ3n) is 7.08. The van der Waals surface area contributed by atoms with Crippen LogP contribution in [0.5, 0.6) is 11.5 Å². The molecule has 3 aromatic carbocycles. The number of alkyl halides is 3. The fourth-order valence-corrected chi connectivity index (χ4v) is 6.83. The zero-order valence-electron chi connectivity index (χ0n) is 21.7. The number of rotatable bonds is 4. The number of hydrogen-bond acceptors (Lipinski definition) is 7. The van der Waals surface area contributed by atoms with E-state index < -0.39 is 27.5 Å². The van der Waals surface area contributed by atoms with Crippen molar-refractivity contribution in [2.45, 2.75) is 30.3 Å². The van der Waals surface area contributed by atoms with Crippen molar-refractivity contribution >= 4 is 33.1 Å². The molecule has 2 aliphatic rings. The molecule has 0 radical (unpaired) electrons. The molecule has 0 spiro atoms. The number of hydrogen-bond donors (Lipinski definition) is 0. The molecule has 0 aromatic heterocycles. The number of carbonyl (C=O) groups is 1. The molecule has 0 saturated carbocycles. The largest absolute Gasteiger partial charge is 0.465 e. The van der Waals surface area contributed by atoms with Crippen molar-refractivity contribution in [1.82, 2.24) is 4.90 Å². The van der Waals surface area contributed by atoms with Crippen LogP contribution in [0, 0.1) is 6.92 Å². The number of fused-ring (bicyclic) bond motifs is 2. The van der Waals surface area contributed by atoms with Gasteiger partial charge in [-0.1, -0.05) is 23.7 Å². The highest BCUT2D eigenvalue weighted by Gasteiger charge is 2.32. The van der Waals surface area contributed by atoms with Gasteiger partial charge >= 0.3 is 12.1 Å². The summed E-state index contributed by atoms with van der Waals surface area (Å²) in [7, 11) is -2.66. The van der Waals surface area contributed by atoms with E-state index in [1.165, 1.54) is 31.4 Å². The summed E-state index contributed by atoms with van der Waals surface area (Å²) in [6, 6.07) is 11.4. The zero-order chi connectivity index (χ0) is 28.8. The van der Waals surface area contributed by atoms with Crippen molar-refractivity contribution in [3.63, 3.8) is 0 Å². The molecule has 0 unspecified atom stereocenters. The zero-order valence-corrected chi connectivity index (χ0v) is 23.3. The normalized spacial score (nSPS) is 16.9. The number of halogens is 4. The van der Waals surface area contributed by atoms with Crippen molar-refractivity contribution in [2.24, 2.45) is 0 Å². The lowest BCUT2D eigenvalue weighted by Gasteiger charge is -2.36. The van der Waals surface area contributed by atoms with Crippen LogP contribution in [0.1, 0.15) is 32.6 Å². The van der Waals surface area contributed by atoms with E-state index in [0.717, 1.165) is 23.4 Å². The van der Waals surface area contributed by atoms with Gasteiger partial charge in [-0.25, -0.2) is 13.2 Å². The van der Waals surface area contributed by atoms with Crippen molar-refractivity contribution in [1.29, 1.82) is 0 Å². The molecule has 0 N–H and O–H groups in total. The van der Waals surface area contributed by atoms with Gasteiger partial charge in [0.25, 0.3) is 0 Å². The molecule has 0 aliphatic carbocycles. The van der Waals surface area contributed by atoms with E-state index in [4.69, 9.17) is 21.1 Å². The molecular formula is C28H26ClF3N2O5S. The van der Waals surface area contributed by atoms with Crippen LogP contribution < -0.4 is 9.64 Å². The highest BCUT2D eigenvalue weighted by atomic mass is 35.5. The molecule has 212 valence electrons. The van der Waals surface area contributed by atoms with Gasteiger partial charge in [-0.05, 0) is 54.4 Å². The Kier molecular flexibility index (Phi) is 7.49. The summed E-state index contributed by atoms with van der Waals surface area (Å²) in [6.07, 6.45) is -4.36. The molecule has 12 heteroatoms. The van der Waals surface area contributed by atoms with Gasteiger partial charge in [-0.2, -0.15) is 13.2 Å². The molecule has 0 amide bonds. The van der Waals surface area contributed by atoms with E-state index in [-0.39, 0.29) is 32.7 Å². The molecule has 1 saturated heterocycles. The van der Waals surface area contributed by atoms with Crippen LogP contribution in [0.2, 0.25) is 5.02 Å². The van der Waals surface area contributed by atoms with Crippen molar-refractivity contribution in [2.75, 3.05) is 38.2 Å². The minimum absolute atomic E-state index is 0.0985. The Morgan fingerprint density at radius 2 is 1.70 bits per heavy atom. The van der Waals surface area contributed by atoms with Crippen molar-refractivity contribution < 1.29 is 35.9 Å². The third kappa shape index (κ3) is 5.63. The fraction of sp³-hybridized carbons (Fsp3) is 0.321. The third-order valence-corrected chi connectivity index (χ3v) is 9.02. The van der Waals surface area contributed by atoms with Gasteiger partial charge in [0.1, 0.15) is 16.4 Å². The average Bonchev–Trinajstić information content (AvgIpc) is 3.02. The second kappa shape index (κ2) is 10.6. The summed E-state index contributed by atoms with van der Waals surface area (Å²) in [6.45, 7) is 4.72. The SMILES string of the molecule is COC(=O)c1cc(C)c2c(c1)S(=O)(=O)Cc1cc(N3CCN(Cc4ccc(C(F)(F)F)cc4)CC3)cc(Cl)c1O2. The van der Waals surface area contributed by atoms with E-state index in [0.29, 0.717) is 43.9 Å². The summed E-state index contributed by atoms with van der Waals surface area (Å²) >= 11 is 6.62. The number of methoxy groups -OCH3 is 1. The maximum Gasteiger partial charge on any atom is 0.416 e. The smallest absolute Gasteiger partial charge is 0.416 e. The predicted molar refractivity (Wildman–Crippen MR) is 144 cm³/mol. The molecule has 7 nitrogen and oxygen atoms in total. The van der Waals surface area contributed by atoms with Gasteiger partial charge in [0.2, 0.25) is 0 Å². The van der Waals surface area contributed by atoms with Crippen LogP contribution in [-0.4, -0.2) is 52.6 Å². The first kappa shape index (κ1) is 28.3. The highest BCUT2D eigenvalue weighted by Crippen LogP contribution is 2.45. The quantitative estimate of drug-likeness (QED) is 0.351. The van der Waals surface area contributed by atoms with Gasteiger partial charge < -0.3 is 14.4 Å². The number of piperazine rings is 1. The number of benzene rings is 3. The topological polar surface area (TPSA) is 76.2 Å². The monoisotopic (exact) mass is 594 g/mol. The van der Waals surface area contributed by atoms with Crippen LogP contribution in [0.3, 0.4) is 0 Å². The van der Waals surface area contributed by atoms with Crippen molar-refractivity contribution in [3.8, 4) is 11.5 Å². The summed E-state index contributed by atoms with van der Waals surface area (Å²) in [5.41, 5.74) is 1.84. The first-order valence-corrected chi connectivity index (χ1v) is 14.5. The van der Waals surface area contributed by atoms with Crippen LogP contribution in [0.25, 0.3) is 0 Å². The predicted octanol–water partition coefficient (Wildman–Crippen LogP) is 5.86. The standard InChI is InChI=1S/C28H26ClF3N2O5S/c1-17-11-19(27(35)38-2)13-24-25(17)39-26-20(16-40(24,36)37)12-22(14-23(26)29)34-9-7-33(8-10-34)15-18-3-5-21(6-4-18)28(30,31)32/h3-6,11-14H,7-10,15-16H2,1-2H3. The van der Waals surface area contributed by atoms with Gasteiger partial charge in [0.15, 0.2) is 9.84 Å². The summed E-state index contributed by atoms with van der Waals surface area (Å²) in [5, 5.41) is 0.263. The molecule has 2 aliphatic heterocycles. The number of nitrogens with zero attached hydrogens (tertiary/aromatic N) is 2. The lowest BCUT2D eigenvalue weighted by Crippen LogP contribution is -2.46. The van der Waals surface area contributed by atoms with Crippen LogP contribution >= 0.6 is 11.6 Å². The lowest BCUT2D eigenvalue weighted by atomic mass is 10.1. The number of anilines is 1. The molecule has 5 rings (SSSR count). The molecule has 0 atom stereocenters. The number of sulfone groups is 1. The van der Waals surface area contributed by atoms with E-state index in [1.54, 1.807) is 19.1 Å². The highest BCUT2D eigenvalue weighted by molar-refractivity contribution is 7.90. The lowest BCUT2D eigenvalue weighted by molar-refractivity contribution is -0.137. The Balaban J connectivity index is 1.34. The molecule has 2 heterocycles. The second-order valence-electron chi connectivity index (χ2n) is 9.85. The van der Waals surface area contributed by atoms with Crippen LogP contribution in [-0.2, 0) is 33.0 Å². The first-order valence-electron chi connectivity index (χ1n) is 12.4. The Bertz CT molecular complexity index is 1570. The van der Waals surface area contributed by atoms with Gasteiger partial charge in [-0.15, -0.1) is 0 Å². The van der Waals surface area contributed by atoms with E-state index in [1.807, 2.05) is 0 Å². The molecule has 40 heavy (non-hydrogen) atoms. The van der Waals surface area contributed by atoms with Crippen LogP contribution in [0.4, 0.5) is 18.9 Å². The summed E-state index contributed by atoms with van der Waals surface area (Å²) in [4.78, 5) is 16.2. The maximum absolute atomic E-state index is 13.4. The number of aryl methyl sites for hydroxylation is 1. The van der Waals surface area contributed by atoms with Gasteiger partial charge in [-0.3, -0.25) is 4.90 Å². The molecule has 3 aromatic rings. The van der Waals surface area contributed by atoms with E-state index in [2.05, 4.69) is 9.80 Å². The fourth-order valence-electron chi connectivity index (χ4n) is 4.98. The Morgan fingerprint density at radius 1 is 1.02 bits per heavy atom. The van der Waals surface area contributed by atoms with E-state index in [9.17, 15) is 26.4 Å². The Hall–Kier alpha value is -3.28. The summed E-state index contributed by atoms with van der Waals surface area (Å²) < 4.78 is 76.2. The number of ether oxygens (including phenoxy) is 2. The minimum atomic E-state index is -4.36. The maximum atomic E-state index is 13.4. The van der Waals surface area contributed by atoms with Crippen LogP contribution in [0.15, 0.2) is 53.4 Å². The van der Waals surface area contributed by atoms with Gasteiger partial charge in [0, 0.05) is 44.0 Å². The Labute approximate surface area is 235 Å². The van der Waals surface area contributed by atoms with Gasteiger partial charge in [0.05, 0.1) is 29.0 Å².